The quantitative estimate of drug-likeness (QED) is 0.791. The predicted octanol–water partition coefficient (Wildman–Crippen LogP) is 1.84. The molecule has 0 saturated heterocycles. The molecule has 16 heavy (non-hydrogen) atoms. The summed E-state index contributed by atoms with van der Waals surface area (Å²) in [7, 11) is 0. The van der Waals surface area contributed by atoms with Crippen LogP contribution >= 0.6 is 0 Å². The number of halogens is 1. The third-order valence-electron chi connectivity index (χ3n) is 1.75. The van der Waals surface area contributed by atoms with Crippen molar-refractivity contribution in [2.75, 3.05) is 11.9 Å². The fourth-order valence-corrected chi connectivity index (χ4v) is 0.937. The molecule has 0 aliphatic heterocycles. The summed E-state index contributed by atoms with van der Waals surface area (Å²) in [5.41, 5.74) is -0.904. The first-order chi connectivity index (χ1) is 7.48. The zero-order chi connectivity index (χ0) is 12.2. The van der Waals surface area contributed by atoms with Crippen LogP contribution in [0.5, 0.6) is 5.88 Å². The molecule has 1 heterocycles. The molecule has 1 N–H and O–H groups in total. The summed E-state index contributed by atoms with van der Waals surface area (Å²) in [6.45, 7) is 5.84. The number of anilines is 1. The molecule has 0 unspecified atom stereocenters. The third kappa shape index (κ3) is 3.09. The number of hydrogen-bond acceptors (Lipinski definition) is 4. The highest BCUT2D eigenvalue weighted by atomic mass is 19.1. The molecule has 0 fully saturated rings. The van der Waals surface area contributed by atoms with Crippen molar-refractivity contribution < 1.29 is 9.13 Å². The fraction of sp³-hybridized carbons (Fsp3) is 0.455. The van der Waals surface area contributed by atoms with Crippen LogP contribution in [0.2, 0.25) is 0 Å². The first-order valence-electron chi connectivity index (χ1n) is 4.91. The van der Waals surface area contributed by atoms with Crippen LogP contribution < -0.4 is 10.1 Å². The van der Waals surface area contributed by atoms with Crippen LogP contribution in [0.1, 0.15) is 20.8 Å². The molecule has 0 spiro atoms. The maximum absolute atomic E-state index is 13.3. The van der Waals surface area contributed by atoms with Crippen LogP contribution in [-0.2, 0) is 0 Å². The van der Waals surface area contributed by atoms with E-state index in [1.54, 1.807) is 13.8 Å². The lowest BCUT2D eigenvalue weighted by atomic mass is 10.1. The summed E-state index contributed by atoms with van der Waals surface area (Å²) in [6, 6.07) is 0. The summed E-state index contributed by atoms with van der Waals surface area (Å²) >= 11 is 0. The van der Waals surface area contributed by atoms with E-state index >= 15 is 0 Å². The van der Waals surface area contributed by atoms with Gasteiger partial charge in [0.05, 0.1) is 6.20 Å². The highest BCUT2D eigenvalue weighted by Crippen LogP contribution is 2.19. The number of ether oxygens (including phenoxy) is 1. The number of nitrogens with zero attached hydrogens (tertiary/aromatic N) is 2. The molecule has 0 aliphatic carbocycles. The van der Waals surface area contributed by atoms with Crippen molar-refractivity contribution in [1.82, 2.24) is 9.97 Å². The average Bonchev–Trinajstić information content (AvgIpc) is 2.23. The molecule has 0 aromatic carbocycles. The minimum Gasteiger partial charge on any atom is -0.456 e. The summed E-state index contributed by atoms with van der Waals surface area (Å²) in [6.07, 6.45) is 6.29. The zero-order valence-corrected chi connectivity index (χ0v) is 9.54. The van der Waals surface area contributed by atoms with Crippen molar-refractivity contribution in [3.8, 4) is 18.2 Å². The van der Waals surface area contributed by atoms with Gasteiger partial charge in [0.15, 0.2) is 5.60 Å². The van der Waals surface area contributed by atoms with Gasteiger partial charge in [0, 0.05) is 6.54 Å². The van der Waals surface area contributed by atoms with Crippen molar-refractivity contribution in [3.63, 3.8) is 0 Å². The van der Waals surface area contributed by atoms with E-state index in [0.29, 0.717) is 12.5 Å². The van der Waals surface area contributed by atoms with Gasteiger partial charge in [-0.2, -0.15) is 9.37 Å². The molecular weight excluding hydrogens is 209 g/mol. The van der Waals surface area contributed by atoms with Gasteiger partial charge in [-0.15, -0.1) is 6.42 Å². The van der Waals surface area contributed by atoms with Crippen LogP contribution in [0.4, 0.5) is 10.3 Å². The number of hydrogen-bond donors (Lipinski definition) is 1. The Labute approximate surface area is 94.3 Å². The minimum absolute atomic E-state index is 0.145. The minimum atomic E-state index is -0.904. The summed E-state index contributed by atoms with van der Waals surface area (Å²) in [4.78, 5) is 7.64. The lowest BCUT2D eigenvalue weighted by Gasteiger charge is -2.19. The molecule has 1 rings (SSSR count). The van der Waals surface area contributed by atoms with Gasteiger partial charge in [0.25, 0.3) is 5.88 Å². The van der Waals surface area contributed by atoms with Gasteiger partial charge < -0.3 is 10.1 Å². The van der Waals surface area contributed by atoms with Crippen LogP contribution in [0.25, 0.3) is 0 Å². The second kappa shape index (κ2) is 4.79. The van der Waals surface area contributed by atoms with Crippen molar-refractivity contribution in [3.05, 3.63) is 12.0 Å². The molecule has 0 saturated carbocycles. The Morgan fingerprint density at radius 3 is 2.88 bits per heavy atom. The lowest BCUT2D eigenvalue weighted by molar-refractivity contribution is 0.156. The maximum atomic E-state index is 13.3. The van der Waals surface area contributed by atoms with E-state index in [1.165, 1.54) is 0 Å². The van der Waals surface area contributed by atoms with Crippen molar-refractivity contribution in [2.24, 2.45) is 0 Å². The van der Waals surface area contributed by atoms with Gasteiger partial charge in [-0.05, 0) is 20.8 Å². The Morgan fingerprint density at radius 1 is 1.62 bits per heavy atom. The van der Waals surface area contributed by atoms with E-state index in [2.05, 4.69) is 21.2 Å². The number of rotatable bonds is 4. The number of aromatic nitrogens is 2. The normalized spacial score (nSPS) is 10.7. The van der Waals surface area contributed by atoms with Gasteiger partial charge in [0.2, 0.25) is 11.8 Å². The smallest absolute Gasteiger partial charge is 0.256 e. The van der Waals surface area contributed by atoms with Gasteiger partial charge in [-0.25, -0.2) is 4.98 Å². The topological polar surface area (TPSA) is 47.0 Å². The zero-order valence-electron chi connectivity index (χ0n) is 9.54. The molecule has 0 atom stereocenters. The standard InChI is InChI=1S/C11H14FN3O/c1-5-11(3,4)16-9-8(12)7-14-10(15-9)13-6-2/h1,7H,6H2,2-4H3,(H,13,14,15). The fourth-order valence-electron chi connectivity index (χ4n) is 0.937. The summed E-state index contributed by atoms with van der Waals surface area (Å²) in [5, 5.41) is 2.86. The molecule has 1 aromatic heterocycles. The Balaban J connectivity index is 2.95. The first-order valence-corrected chi connectivity index (χ1v) is 4.91. The molecule has 0 amide bonds. The Hall–Kier alpha value is -1.83. The van der Waals surface area contributed by atoms with E-state index in [9.17, 15) is 4.39 Å². The highest BCUT2D eigenvalue weighted by molar-refractivity contribution is 5.29. The molecular formula is C11H14FN3O. The van der Waals surface area contributed by atoms with Crippen LogP contribution in [-0.4, -0.2) is 22.1 Å². The van der Waals surface area contributed by atoms with Gasteiger partial charge in [0.1, 0.15) is 0 Å². The highest BCUT2D eigenvalue weighted by Gasteiger charge is 2.19. The van der Waals surface area contributed by atoms with E-state index in [-0.39, 0.29) is 5.88 Å². The summed E-state index contributed by atoms with van der Waals surface area (Å²) in [5.74, 6) is 1.93. The molecule has 86 valence electrons. The number of terminal acetylenes is 1. The first kappa shape index (κ1) is 12.2. The average molecular weight is 223 g/mol. The van der Waals surface area contributed by atoms with Crippen molar-refractivity contribution in [1.29, 1.82) is 0 Å². The Kier molecular flexibility index (Phi) is 3.67. The van der Waals surface area contributed by atoms with Gasteiger partial charge in [-0.3, -0.25) is 0 Å². The SMILES string of the molecule is C#CC(C)(C)Oc1nc(NCC)ncc1F. The maximum Gasteiger partial charge on any atom is 0.256 e. The Morgan fingerprint density at radius 2 is 2.31 bits per heavy atom. The largest absolute Gasteiger partial charge is 0.456 e. The monoisotopic (exact) mass is 223 g/mol. The van der Waals surface area contributed by atoms with Gasteiger partial charge in [-0.1, -0.05) is 5.92 Å². The van der Waals surface area contributed by atoms with Crippen LogP contribution in [0.15, 0.2) is 6.20 Å². The molecule has 1 aromatic rings. The molecule has 0 bridgehead atoms. The predicted molar refractivity (Wildman–Crippen MR) is 59.7 cm³/mol. The molecule has 5 heteroatoms. The van der Waals surface area contributed by atoms with E-state index in [0.717, 1.165) is 6.20 Å². The number of nitrogens with one attached hydrogen (secondary N) is 1. The molecule has 4 nitrogen and oxygen atoms in total. The third-order valence-corrected chi connectivity index (χ3v) is 1.75. The van der Waals surface area contributed by atoms with Crippen LogP contribution in [0.3, 0.4) is 0 Å². The second-order valence-electron chi connectivity index (χ2n) is 3.63. The van der Waals surface area contributed by atoms with E-state index in [1.807, 2.05) is 6.92 Å². The lowest BCUT2D eigenvalue weighted by Crippen LogP contribution is -2.26. The van der Waals surface area contributed by atoms with Crippen molar-refractivity contribution in [2.45, 2.75) is 26.4 Å². The molecule has 0 aliphatic rings. The summed E-state index contributed by atoms with van der Waals surface area (Å²) < 4.78 is 18.6. The molecule has 0 radical (unpaired) electrons. The van der Waals surface area contributed by atoms with Gasteiger partial charge >= 0.3 is 0 Å². The van der Waals surface area contributed by atoms with Crippen molar-refractivity contribution >= 4 is 5.95 Å². The van der Waals surface area contributed by atoms with Crippen LogP contribution in [0, 0.1) is 18.2 Å². The second-order valence-corrected chi connectivity index (χ2v) is 3.63. The Bertz CT molecular complexity index is 412. The van der Waals surface area contributed by atoms with E-state index in [4.69, 9.17) is 11.2 Å². The van der Waals surface area contributed by atoms with E-state index < -0.39 is 11.4 Å².